The van der Waals surface area contributed by atoms with Crippen LogP contribution in [-0.2, 0) is 6.42 Å². The Morgan fingerprint density at radius 2 is 1.11 bits per heavy atom. The van der Waals surface area contributed by atoms with Crippen LogP contribution in [0.15, 0.2) is 36.4 Å². The van der Waals surface area contributed by atoms with E-state index in [1.54, 1.807) is 0 Å². The number of amidine groups is 2. The van der Waals surface area contributed by atoms with Crippen molar-refractivity contribution in [3.8, 4) is 0 Å². The van der Waals surface area contributed by atoms with Gasteiger partial charge in [-0.05, 0) is 62.1 Å². The highest BCUT2D eigenvalue weighted by Crippen LogP contribution is 2.37. The molecule has 2 aliphatic carbocycles. The Labute approximate surface area is 204 Å². The molecular weight excluding hydrogens is 436 g/mol. The Morgan fingerprint density at radius 3 is 1.49 bits per heavy atom. The third kappa shape index (κ3) is 3.77. The molecule has 2 fully saturated rings. The van der Waals surface area contributed by atoms with Crippen LogP contribution in [0.25, 0.3) is 22.1 Å². The lowest BCUT2D eigenvalue weighted by molar-refractivity contribution is 0.494. The van der Waals surface area contributed by atoms with Crippen LogP contribution >= 0.6 is 0 Å². The lowest BCUT2D eigenvalue weighted by Crippen LogP contribution is -2.14. The number of aromatic nitrogens is 4. The third-order valence-corrected chi connectivity index (χ3v) is 7.84. The first-order valence-electron chi connectivity index (χ1n) is 12.7. The minimum Gasteiger partial charge on any atom is -0.384 e. The molecule has 2 heterocycles. The standard InChI is InChI=1S/C27H32N8/c28-26(29)16-9-11-22-20(13-16)32-24(34(22)18-5-1-2-6-18)15-25-33-21-14-17(27(30)31)10-12-23(21)35(25)19-7-3-4-8-19/h9-14,18-19H,1-8,15H2,(H3,28,29)(H3,30,31). The molecule has 2 saturated carbocycles. The van der Waals surface area contributed by atoms with Crippen molar-refractivity contribution in [2.24, 2.45) is 11.5 Å². The largest absolute Gasteiger partial charge is 0.384 e. The highest BCUT2D eigenvalue weighted by molar-refractivity contribution is 5.98. The first kappa shape index (κ1) is 21.8. The molecule has 0 amide bonds. The van der Waals surface area contributed by atoms with Gasteiger partial charge < -0.3 is 20.6 Å². The quantitative estimate of drug-likeness (QED) is 0.239. The SMILES string of the molecule is N=C(N)c1ccc2c(c1)nc(Cc1nc3cc(C(=N)N)ccc3n1C1CCCC1)n2C1CCCC1. The molecule has 0 saturated heterocycles. The fourth-order valence-corrected chi connectivity index (χ4v) is 6.16. The van der Waals surface area contributed by atoms with Crippen molar-refractivity contribution in [1.29, 1.82) is 10.8 Å². The molecule has 6 N–H and O–H groups in total. The maximum atomic E-state index is 7.86. The maximum Gasteiger partial charge on any atom is 0.122 e. The molecule has 0 unspecified atom stereocenters. The van der Waals surface area contributed by atoms with Gasteiger partial charge in [0.15, 0.2) is 0 Å². The van der Waals surface area contributed by atoms with Crippen molar-refractivity contribution < 1.29 is 0 Å². The lowest BCUT2D eigenvalue weighted by atomic mass is 10.1. The fourth-order valence-electron chi connectivity index (χ4n) is 6.16. The molecule has 2 aliphatic rings. The summed E-state index contributed by atoms with van der Waals surface area (Å²) < 4.78 is 4.84. The van der Waals surface area contributed by atoms with Crippen LogP contribution in [0.1, 0.15) is 86.2 Å². The second-order valence-electron chi connectivity index (χ2n) is 10.1. The number of hydrogen-bond acceptors (Lipinski definition) is 4. The number of nitrogens with one attached hydrogen (secondary N) is 2. The van der Waals surface area contributed by atoms with Crippen molar-refractivity contribution in [2.45, 2.75) is 69.9 Å². The Hall–Kier alpha value is -3.68. The Kier molecular flexibility index (Phi) is 5.31. The Balaban J connectivity index is 1.50. The van der Waals surface area contributed by atoms with Gasteiger partial charge in [-0.3, -0.25) is 10.8 Å². The van der Waals surface area contributed by atoms with E-state index >= 15 is 0 Å². The molecule has 0 aliphatic heterocycles. The molecule has 2 aromatic heterocycles. The second-order valence-corrected chi connectivity index (χ2v) is 10.1. The van der Waals surface area contributed by atoms with Gasteiger partial charge in [0.2, 0.25) is 0 Å². The molecule has 2 aromatic carbocycles. The average Bonchev–Trinajstić information content (AvgIpc) is 3.62. The molecular formula is C27H32N8. The van der Waals surface area contributed by atoms with Crippen LogP contribution in [-0.4, -0.2) is 30.8 Å². The van der Waals surface area contributed by atoms with E-state index < -0.39 is 0 Å². The van der Waals surface area contributed by atoms with Crippen LogP contribution in [0, 0.1) is 10.8 Å². The zero-order valence-electron chi connectivity index (χ0n) is 19.9. The van der Waals surface area contributed by atoms with E-state index in [2.05, 4.69) is 21.3 Å². The van der Waals surface area contributed by atoms with Gasteiger partial charge in [-0.15, -0.1) is 0 Å². The summed E-state index contributed by atoms with van der Waals surface area (Å²) in [5.74, 6) is 2.17. The van der Waals surface area contributed by atoms with E-state index in [4.69, 9.17) is 32.3 Å². The summed E-state index contributed by atoms with van der Waals surface area (Å²) in [4.78, 5) is 10.2. The zero-order chi connectivity index (χ0) is 24.1. The summed E-state index contributed by atoms with van der Waals surface area (Å²) in [6.07, 6.45) is 10.2. The van der Waals surface area contributed by atoms with Crippen LogP contribution < -0.4 is 11.5 Å². The maximum absolute atomic E-state index is 7.86. The van der Waals surface area contributed by atoms with E-state index in [0.29, 0.717) is 29.6 Å². The Bertz CT molecular complexity index is 1340. The smallest absolute Gasteiger partial charge is 0.122 e. The van der Waals surface area contributed by atoms with Crippen molar-refractivity contribution in [3.05, 3.63) is 59.2 Å². The number of benzene rings is 2. The number of nitrogen functional groups attached to an aromatic ring is 2. The number of rotatable bonds is 6. The normalized spacial score (nSPS) is 17.1. The van der Waals surface area contributed by atoms with Gasteiger partial charge in [-0.1, -0.05) is 25.7 Å². The second kappa shape index (κ2) is 8.52. The molecule has 6 rings (SSSR count). The molecule has 0 radical (unpaired) electrons. The van der Waals surface area contributed by atoms with E-state index in [1.165, 1.54) is 25.7 Å². The van der Waals surface area contributed by atoms with E-state index in [-0.39, 0.29) is 11.7 Å². The van der Waals surface area contributed by atoms with Crippen molar-refractivity contribution in [1.82, 2.24) is 19.1 Å². The summed E-state index contributed by atoms with van der Waals surface area (Å²) in [6.45, 7) is 0. The first-order valence-corrected chi connectivity index (χ1v) is 12.7. The van der Waals surface area contributed by atoms with Crippen LogP contribution in [0.3, 0.4) is 0 Å². The number of fused-ring (bicyclic) bond motifs is 2. The number of nitrogens with zero attached hydrogens (tertiary/aromatic N) is 4. The molecule has 0 atom stereocenters. The van der Waals surface area contributed by atoms with Gasteiger partial charge in [0, 0.05) is 23.2 Å². The summed E-state index contributed by atoms with van der Waals surface area (Å²) in [6, 6.07) is 12.7. The molecule has 0 spiro atoms. The predicted molar refractivity (Wildman–Crippen MR) is 139 cm³/mol. The van der Waals surface area contributed by atoms with Crippen LogP contribution in [0.5, 0.6) is 0 Å². The van der Waals surface area contributed by atoms with Gasteiger partial charge in [-0.25, -0.2) is 9.97 Å². The van der Waals surface area contributed by atoms with E-state index in [0.717, 1.165) is 59.4 Å². The zero-order valence-corrected chi connectivity index (χ0v) is 19.9. The summed E-state index contributed by atoms with van der Waals surface area (Å²) in [5.41, 5.74) is 17.0. The summed E-state index contributed by atoms with van der Waals surface area (Å²) >= 11 is 0. The third-order valence-electron chi connectivity index (χ3n) is 7.84. The van der Waals surface area contributed by atoms with Crippen molar-refractivity contribution in [2.75, 3.05) is 0 Å². The molecule has 8 heteroatoms. The molecule has 4 aromatic rings. The minimum absolute atomic E-state index is 0.0631. The first-order chi connectivity index (χ1) is 17.0. The highest BCUT2D eigenvalue weighted by Gasteiger charge is 2.27. The lowest BCUT2D eigenvalue weighted by Gasteiger charge is -2.19. The van der Waals surface area contributed by atoms with Crippen molar-refractivity contribution in [3.63, 3.8) is 0 Å². The monoisotopic (exact) mass is 468 g/mol. The molecule has 8 nitrogen and oxygen atoms in total. The number of hydrogen-bond donors (Lipinski definition) is 4. The van der Waals surface area contributed by atoms with Crippen molar-refractivity contribution >= 4 is 33.7 Å². The van der Waals surface area contributed by atoms with Gasteiger partial charge in [-0.2, -0.15) is 0 Å². The summed E-state index contributed by atoms with van der Waals surface area (Å²) in [5, 5.41) is 15.7. The minimum atomic E-state index is 0.0631. The Morgan fingerprint density at radius 1 is 0.714 bits per heavy atom. The average molecular weight is 469 g/mol. The topological polar surface area (TPSA) is 135 Å². The van der Waals surface area contributed by atoms with Gasteiger partial charge >= 0.3 is 0 Å². The molecule has 0 bridgehead atoms. The van der Waals surface area contributed by atoms with Gasteiger partial charge in [0.25, 0.3) is 0 Å². The number of imidazole rings is 2. The van der Waals surface area contributed by atoms with E-state index in [1.807, 2.05) is 24.3 Å². The van der Waals surface area contributed by atoms with Gasteiger partial charge in [0.1, 0.15) is 23.3 Å². The molecule has 35 heavy (non-hydrogen) atoms. The fraction of sp³-hybridized carbons (Fsp3) is 0.407. The van der Waals surface area contributed by atoms with E-state index in [9.17, 15) is 0 Å². The van der Waals surface area contributed by atoms with Crippen LogP contribution in [0.2, 0.25) is 0 Å². The van der Waals surface area contributed by atoms with Crippen LogP contribution in [0.4, 0.5) is 0 Å². The number of nitrogens with two attached hydrogens (primary N) is 2. The van der Waals surface area contributed by atoms with Gasteiger partial charge in [0.05, 0.1) is 28.5 Å². The highest BCUT2D eigenvalue weighted by atomic mass is 15.1. The molecule has 180 valence electrons. The summed E-state index contributed by atoms with van der Waals surface area (Å²) in [7, 11) is 0. The predicted octanol–water partition coefficient (Wildman–Crippen LogP) is 4.78.